The van der Waals surface area contributed by atoms with Crippen molar-refractivity contribution in [1.82, 2.24) is 14.5 Å². The summed E-state index contributed by atoms with van der Waals surface area (Å²) in [4.78, 5) is 33.0. The maximum Gasteiger partial charge on any atom is 0.346 e. The number of aromatic carboxylic acids is 1. The minimum Gasteiger partial charge on any atom is -0.477 e. The highest BCUT2D eigenvalue weighted by atomic mass is 32.1. The summed E-state index contributed by atoms with van der Waals surface area (Å²) < 4.78 is 1.76. The summed E-state index contributed by atoms with van der Waals surface area (Å²) in [6.07, 6.45) is 8.45. The highest BCUT2D eigenvalue weighted by molar-refractivity contribution is 7.17. The van der Waals surface area contributed by atoms with Crippen LogP contribution in [0.15, 0.2) is 54.5 Å². The average molecular weight is 490 g/mol. The fraction of sp³-hybridized carbons (Fsp3) is 0.393. The number of hydrogen-bond acceptors (Lipinski definition) is 4. The van der Waals surface area contributed by atoms with Crippen molar-refractivity contribution in [2.45, 2.75) is 39.0 Å². The third-order valence-electron chi connectivity index (χ3n) is 7.52. The van der Waals surface area contributed by atoms with E-state index in [9.17, 15) is 14.7 Å². The van der Waals surface area contributed by atoms with Crippen LogP contribution in [0.4, 0.5) is 0 Å². The molecule has 1 saturated carbocycles. The van der Waals surface area contributed by atoms with Gasteiger partial charge in [-0.25, -0.2) is 9.78 Å². The first kappa shape index (κ1) is 23.5. The molecule has 1 aromatic carbocycles. The Morgan fingerprint density at radius 2 is 1.86 bits per heavy atom. The first-order chi connectivity index (χ1) is 16.9. The lowest BCUT2D eigenvalue weighted by Crippen LogP contribution is -2.39. The summed E-state index contributed by atoms with van der Waals surface area (Å²) in [5.74, 6) is 0.195. The molecule has 1 amide bonds. The maximum atomic E-state index is 13.3. The molecule has 1 aliphatic carbocycles. The van der Waals surface area contributed by atoms with Gasteiger partial charge in [0.1, 0.15) is 10.6 Å². The number of benzene rings is 1. The Balaban J connectivity index is 1.57. The zero-order valence-corrected chi connectivity index (χ0v) is 21.1. The van der Waals surface area contributed by atoms with Gasteiger partial charge in [0.15, 0.2) is 0 Å². The van der Waals surface area contributed by atoms with Crippen LogP contribution in [0.5, 0.6) is 0 Å². The van der Waals surface area contributed by atoms with Crippen molar-refractivity contribution in [2.24, 2.45) is 18.9 Å². The van der Waals surface area contributed by atoms with Crippen LogP contribution in [0.2, 0.25) is 0 Å². The van der Waals surface area contributed by atoms with E-state index in [1.807, 2.05) is 42.3 Å². The fourth-order valence-corrected chi connectivity index (χ4v) is 6.53. The number of amides is 1. The van der Waals surface area contributed by atoms with E-state index in [0.29, 0.717) is 41.9 Å². The van der Waals surface area contributed by atoms with E-state index in [2.05, 4.69) is 18.0 Å². The molecule has 182 valence electrons. The predicted octanol–water partition coefficient (Wildman–Crippen LogP) is 5.97. The van der Waals surface area contributed by atoms with Gasteiger partial charge in [0.2, 0.25) is 0 Å². The molecule has 1 N–H and O–H groups in total. The smallest absolute Gasteiger partial charge is 0.346 e. The number of carboxylic acids is 1. The Labute approximate surface area is 209 Å². The molecule has 1 aliphatic heterocycles. The number of carbonyl (C=O) groups is 2. The van der Waals surface area contributed by atoms with Gasteiger partial charge in [-0.3, -0.25) is 4.79 Å². The fourth-order valence-electron chi connectivity index (χ4n) is 5.50. The monoisotopic (exact) mass is 489 g/mol. The van der Waals surface area contributed by atoms with Crippen LogP contribution in [0.1, 0.15) is 64.8 Å². The van der Waals surface area contributed by atoms with Gasteiger partial charge in [-0.2, -0.15) is 0 Å². The summed E-state index contributed by atoms with van der Waals surface area (Å²) >= 11 is 1.34. The van der Waals surface area contributed by atoms with Gasteiger partial charge in [-0.15, -0.1) is 11.3 Å². The van der Waals surface area contributed by atoms with E-state index < -0.39 is 5.97 Å². The molecular formula is C28H31N3O3S. The second kappa shape index (κ2) is 9.82. The Kier molecular flexibility index (Phi) is 6.60. The van der Waals surface area contributed by atoms with Crippen molar-refractivity contribution < 1.29 is 14.7 Å². The predicted molar refractivity (Wildman–Crippen MR) is 138 cm³/mol. The van der Waals surface area contributed by atoms with Gasteiger partial charge in [0.25, 0.3) is 5.91 Å². The molecule has 0 spiro atoms. The van der Waals surface area contributed by atoms with Crippen molar-refractivity contribution in [2.75, 3.05) is 13.1 Å². The third kappa shape index (κ3) is 4.69. The summed E-state index contributed by atoms with van der Waals surface area (Å²) in [6, 6.07) is 12.0. The lowest BCUT2D eigenvalue weighted by atomic mass is 9.75. The van der Waals surface area contributed by atoms with Gasteiger partial charge in [0, 0.05) is 30.6 Å². The van der Waals surface area contributed by atoms with Crippen LogP contribution in [0.3, 0.4) is 0 Å². The van der Waals surface area contributed by atoms with Crippen LogP contribution in [0, 0.1) is 11.8 Å². The van der Waals surface area contributed by atoms with Crippen molar-refractivity contribution in [3.05, 3.63) is 70.6 Å². The molecule has 6 nitrogen and oxygen atoms in total. The first-order valence-corrected chi connectivity index (χ1v) is 13.1. The van der Waals surface area contributed by atoms with E-state index in [-0.39, 0.29) is 5.91 Å². The molecule has 1 fully saturated rings. The van der Waals surface area contributed by atoms with Gasteiger partial charge < -0.3 is 14.6 Å². The highest BCUT2D eigenvalue weighted by Gasteiger charge is 2.33. The molecule has 0 unspecified atom stereocenters. The zero-order chi connectivity index (χ0) is 24.5. The van der Waals surface area contributed by atoms with Crippen LogP contribution in [-0.4, -0.2) is 44.5 Å². The number of imidazole rings is 1. The molecule has 0 bridgehead atoms. The SMILES string of the molecule is CC1CCC(C2=C(c3cc(-c4ccccc4)sc3C(=O)O)CCN(C(=O)c3cncn3C)C2)CC1. The maximum absolute atomic E-state index is 13.3. The Morgan fingerprint density at radius 1 is 1.11 bits per heavy atom. The van der Waals surface area contributed by atoms with Crippen LogP contribution in [-0.2, 0) is 7.05 Å². The van der Waals surface area contributed by atoms with Crippen LogP contribution >= 0.6 is 11.3 Å². The minimum atomic E-state index is -0.885. The highest BCUT2D eigenvalue weighted by Crippen LogP contribution is 2.43. The number of thiophene rings is 1. The van der Waals surface area contributed by atoms with Crippen molar-refractivity contribution >= 4 is 28.8 Å². The summed E-state index contributed by atoms with van der Waals surface area (Å²) in [5.41, 5.74) is 4.83. The number of rotatable bonds is 5. The Hall–Kier alpha value is -3.19. The quantitative estimate of drug-likeness (QED) is 0.479. The average Bonchev–Trinajstić information content (AvgIpc) is 3.51. The molecule has 35 heavy (non-hydrogen) atoms. The normalized spacial score (nSPS) is 20.8. The molecule has 3 aromatic rings. The summed E-state index contributed by atoms with van der Waals surface area (Å²) in [7, 11) is 1.84. The Morgan fingerprint density at radius 3 is 2.51 bits per heavy atom. The minimum absolute atomic E-state index is 0.0144. The second-order valence-electron chi connectivity index (χ2n) is 9.85. The lowest BCUT2D eigenvalue weighted by molar-refractivity contribution is 0.0699. The number of carboxylic acid groups (broad SMARTS) is 1. The molecular weight excluding hydrogens is 458 g/mol. The summed E-state index contributed by atoms with van der Waals surface area (Å²) in [5, 5.41) is 10.1. The number of hydrogen-bond donors (Lipinski definition) is 1. The Bertz CT molecular complexity index is 1270. The standard InChI is InChI=1S/C28H31N3O3S/c1-18-8-10-19(11-9-18)23-16-31(27(32)24-15-29-17-30(24)2)13-12-21(23)22-14-25(35-26(22)28(33)34)20-6-4-3-5-7-20/h3-7,14-15,17-19H,8-13,16H2,1-2H3,(H,33,34). The molecule has 3 heterocycles. The molecule has 2 aliphatic rings. The lowest BCUT2D eigenvalue weighted by Gasteiger charge is -2.37. The van der Waals surface area contributed by atoms with Crippen LogP contribution < -0.4 is 0 Å². The van der Waals surface area contributed by atoms with E-state index >= 15 is 0 Å². The van der Waals surface area contributed by atoms with E-state index in [4.69, 9.17) is 0 Å². The van der Waals surface area contributed by atoms with Crippen molar-refractivity contribution in [3.8, 4) is 10.4 Å². The molecule has 0 atom stereocenters. The number of aryl methyl sites for hydroxylation is 1. The van der Waals surface area contributed by atoms with Crippen LogP contribution in [0.25, 0.3) is 16.0 Å². The van der Waals surface area contributed by atoms with Gasteiger partial charge in [0.05, 0.1) is 12.5 Å². The topological polar surface area (TPSA) is 75.4 Å². The third-order valence-corrected chi connectivity index (χ3v) is 8.69. The second-order valence-corrected chi connectivity index (χ2v) is 10.9. The van der Waals surface area contributed by atoms with Crippen molar-refractivity contribution in [3.63, 3.8) is 0 Å². The van der Waals surface area contributed by atoms with Crippen molar-refractivity contribution in [1.29, 1.82) is 0 Å². The van der Waals surface area contributed by atoms with Gasteiger partial charge >= 0.3 is 5.97 Å². The summed E-state index contributed by atoms with van der Waals surface area (Å²) in [6.45, 7) is 3.42. The number of aromatic nitrogens is 2. The zero-order valence-electron chi connectivity index (χ0n) is 20.2. The van der Waals surface area contributed by atoms with Gasteiger partial charge in [-0.1, -0.05) is 50.1 Å². The molecule has 7 heteroatoms. The van der Waals surface area contributed by atoms with E-state index in [1.54, 1.807) is 17.1 Å². The van der Waals surface area contributed by atoms with E-state index in [1.165, 1.54) is 29.8 Å². The molecule has 0 radical (unpaired) electrons. The van der Waals surface area contributed by atoms with E-state index in [0.717, 1.165) is 34.4 Å². The first-order valence-electron chi connectivity index (χ1n) is 12.3. The molecule has 0 saturated heterocycles. The van der Waals surface area contributed by atoms with Gasteiger partial charge in [-0.05, 0) is 53.9 Å². The number of carbonyl (C=O) groups excluding carboxylic acids is 1. The molecule has 2 aromatic heterocycles. The largest absolute Gasteiger partial charge is 0.477 e. The number of nitrogens with zero attached hydrogens (tertiary/aromatic N) is 3. The molecule has 5 rings (SSSR count).